The van der Waals surface area contributed by atoms with Crippen molar-refractivity contribution in [2.75, 3.05) is 7.05 Å². The van der Waals surface area contributed by atoms with Crippen LogP contribution in [0.15, 0.2) is 28.8 Å². The second kappa shape index (κ2) is 4.41. The average molecular weight is 263 g/mol. The van der Waals surface area contributed by atoms with E-state index in [0.717, 1.165) is 35.0 Å². The van der Waals surface area contributed by atoms with Crippen LogP contribution in [-0.2, 0) is 13.0 Å². The first kappa shape index (κ1) is 11.8. The van der Waals surface area contributed by atoms with Crippen molar-refractivity contribution in [3.8, 4) is 11.3 Å². The number of benzene rings is 1. The fourth-order valence-electron chi connectivity index (χ4n) is 2.33. The Morgan fingerprint density at radius 3 is 2.78 bits per heavy atom. The molecule has 0 saturated heterocycles. The molecule has 2 aromatic rings. The summed E-state index contributed by atoms with van der Waals surface area (Å²) in [5.74, 6) is 0.875. The zero-order valence-electron chi connectivity index (χ0n) is 10.5. The van der Waals surface area contributed by atoms with Gasteiger partial charge in [-0.1, -0.05) is 16.8 Å². The monoisotopic (exact) mass is 262 g/mol. The lowest BCUT2D eigenvalue weighted by molar-refractivity contribution is 0.230. The molecule has 94 valence electrons. The van der Waals surface area contributed by atoms with E-state index in [4.69, 9.17) is 16.1 Å². The van der Waals surface area contributed by atoms with E-state index in [1.807, 2.05) is 24.3 Å². The summed E-state index contributed by atoms with van der Waals surface area (Å²) < 4.78 is 5.52. The number of aromatic nitrogens is 1. The highest BCUT2D eigenvalue weighted by atomic mass is 35.5. The van der Waals surface area contributed by atoms with Crippen molar-refractivity contribution in [1.82, 2.24) is 10.1 Å². The molecular weight excluding hydrogens is 248 g/mol. The van der Waals surface area contributed by atoms with Crippen LogP contribution in [0.4, 0.5) is 0 Å². The van der Waals surface area contributed by atoms with E-state index in [0.29, 0.717) is 6.04 Å². The Balaban J connectivity index is 2.02. The number of fused-ring (bicyclic) bond motifs is 1. The zero-order valence-corrected chi connectivity index (χ0v) is 11.2. The van der Waals surface area contributed by atoms with Crippen LogP contribution in [0, 0.1) is 0 Å². The fraction of sp³-hybridized carbons (Fsp3) is 0.357. The molecule has 0 N–H and O–H groups in total. The fourth-order valence-corrected chi connectivity index (χ4v) is 2.46. The van der Waals surface area contributed by atoms with E-state index >= 15 is 0 Å². The smallest absolute Gasteiger partial charge is 0.171 e. The van der Waals surface area contributed by atoms with Crippen molar-refractivity contribution in [2.45, 2.75) is 25.9 Å². The highest BCUT2D eigenvalue weighted by Crippen LogP contribution is 2.32. The molecule has 1 aliphatic rings. The van der Waals surface area contributed by atoms with Crippen molar-refractivity contribution < 1.29 is 4.52 Å². The highest BCUT2D eigenvalue weighted by molar-refractivity contribution is 6.30. The topological polar surface area (TPSA) is 29.3 Å². The molecule has 0 fully saturated rings. The van der Waals surface area contributed by atoms with E-state index < -0.39 is 0 Å². The largest absolute Gasteiger partial charge is 0.356 e. The van der Waals surface area contributed by atoms with Crippen molar-refractivity contribution >= 4 is 11.6 Å². The Kier molecular flexibility index (Phi) is 2.88. The molecule has 0 saturated carbocycles. The predicted octanol–water partition coefficient (Wildman–Crippen LogP) is 3.37. The Labute approximate surface area is 111 Å². The maximum atomic E-state index is 5.90. The van der Waals surface area contributed by atoms with Crippen LogP contribution >= 0.6 is 11.6 Å². The van der Waals surface area contributed by atoms with E-state index in [2.05, 4.69) is 24.0 Å². The minimum Gasteiger partial charge on any atom is -0.356 e. The van der Waals surface area contributed by atoms with E-state index in [1.165, 1.54) is 5.56 Å². The summed E-state index contributed by atoms with van der Waals surface area (Å²) in [5.41, 5.74) is 3.33. The third-order valence-electron chi connectivity index (χ3n) is 3.62. The van der Waals surface area contributed by atoms with Gasteiger partial charge in [0.2, 0.25) is 0 Å². The highest BCUT2D eigenvalue weighted by Gasteiger charge is 2.26. The maximum Gasteiger partial charge on any atom is 0.171 e. The Bertz CT molecular complexity index is 562. The molecule has 1 atom stereocenters. The van der Waals surface area contributed by atoms with Crippen LogP contribution in [0.25, 0.3) is 11.3 Å². The van der Waals surface area contributed by atoms with Gasteiger partial charge in [0.25, 0.3) is 0 Å². The molecule has 0 spiro atoms. The van der Waals surface area contributed by atoms with Crippen LogP contribution in [0.1, 0.15) is 18.2 Å². The first-order valence-corrected chi connectivity index (χ1v) is 6.46. The first-order chi connectivity index (χ1) is 8.65. The van der Waals surface area contributed by atoms with Gasteiger partial charge >= 0.3 is 0 Å². The third-order valence-corrected chi connectivity index (χ3v) is 3.88. The predicted molar refractivity (Wildman–Crippen MR) is 71.6 cm³/mol. The Morgan fingerprint density at radius 1 is 1.33 bits per heavy atom. The van der Waals surface area contributed by atoms with Gasteiger partial charge in [0, 0.05) is 35.2 Å². The molecule has 1 aliphatic heterocycles. The molecule has 18 heavy (non-hydrogen) atoms. The lowest BCUT2D eigenvalue weighted by Crippen LogP contribution is -2.34. The molecule has 0 bridgehead atoms. The summed E-state index contributed by atoms with van der Waals surface area (Å²) in [6.07, 6.45) is 0.947. The van der Waals surface area contributed by atoms with Gasteiger partial charge in [-0.05, 0) is 38.2 Å². The molecule has 0 aliphatic carbocycles. The van der Waals surface area contributed by atoms with E-state index in [9.17, 15) is 0 Å². The molecule has 1 aromatic heterocycles. The first-order valence-electron chi connectivity index (χ1n) is 6.09. The zero-order chi connectivity index (χ0) is 12.7. The molecule has 0 radical (unpaired) electrons. The minimum absolute atomic E-state index is 0.515. The van der Waals surface area contributed by atoms with Gasteiger partial charge in [0.1, 0.15) is 0 Å². The van der Waals surface area contributed by atoms with Gasteiger partial charge in [-0.25, -0.2) is 0 Å². The van der Waals surface area contributed by atoms with E-state index in [-0.39, 0.29) is 0 Å². The SMILES string of the molecule is C[C@H]1Cc2noc(-c3ccc(Cl)cc3)c2CN1C. The second-order valence-electron chi connectivity index (χ2n) is 4.91. The van der Waals surface area contributed by atoms with Gasteiger partial charge in [-0.3, -0.25) is 4.90 Å². The lowest BCUT2D eigenvalue weighted by atomic mass is 9.98. The molecule has 0 unspecified atom stereocenters. The quantitative estimate of drug-likeness (QED) is 0.789. The molecule has 2 heterocycles. The Hall–Kier alpha value is -1.32. The van der Waals surface area contributed by atoms with Crippen LogP contribution < -0.4 is 0 Å². The average Bonchev–Trinajstić information content (AvgIpc) is 2.74. The van der Waals surface area contributed by atoms with Crippen LogP contribution in [0.3, 0.4) is 0 Å². The van der Waals surface area contributed by atoms with Crippen molar-refractivity contribution in [3.63, 3.8) is 0 Å². The molecular formula is C14H15ClN2O. The van der Waals surface area contributed by atoms with Crippen LogP contribution in [0.2, 0.25) is 5.02 Å². The maximum absolute atomic E-state index is 5.90. The standard InChI is InChI=1S/C14H15ClN2O/c1-9-7-13-12(8-17(9)2)14(18-16-13)10-3-5-11(15)6-4-10/h3-6,9H,7-8H2,1-2H3/t9-/m0/s1. The summed E-state index contributed by atoms with van der Waals surface area (Å²) in [5, 5.41) is 4.94. The molecule has 1 aromatic carbocycles. The summed E-state index contributed by atoms with van der Waals surface area (Å²) in [6.45, 7) is 3.09. The van der Waals surface area contributed by atoms with Crippen molar-refractivity contribution in [1.29, 1.82) is 0 Å². The number of hydrogen-bond donors (Lipinski definition) is 0. The molecule has 3 rings (SSSR count). The summed E-state index contributed by atoms with van der Waals surface area (Å²) in [6, 6.07) is 8.21. The van der Waals surface area contributed by atoms with Crippen molar-refractivity contribution in [2.24, 2.45) is 0 Å². The van der Waals surface area contributed by atoms with Gasteiger partial charge in [-0.15, -0.1) is 0 Å². The summed E-state index contributed by atoms with van der Waals surface area (Å²) in [7, 11) is 2.13. The minimum atomic E-state index is 0.515. The number of likely N-dealkylation sites (N-methyl/N-ethyl adjacent to an activating group) is 1. The number of rotatable bonds is 1. The lowest BCUT2D eigenvalue weighted by Gasteiger charge is -2.28. The van der Waals surface area contributed by atoms with Gasteiger partial charge < -0.3 is 4.52 Å². The van der Waals surface area contributed by atoms with E-state index in [1.54, 1.807) is 0 Å². The summed E-state index contributed by atoms with van der Waals surface area (Å²) in [4.78, 5) is 2.32. The molecule has 3 nitrogen and oxygen atoms in total. The number of halogens is 1. The van der Waals surface area contributed by atoms with Gasteiger partial charge in [0.15, 0.2) is 5.76 Å². The van der Waals surface area contributed by atoms with Crippen molar-refractivity contribution in [3.05, 3.63) is 40.5 Å². The summed E-state index contributed by atoms with van der Waals surface area (Å²) >= 11 is 5.90. The molecule has 0 amide bonds. The molecule has 4 heteroatoms. The van der Waals surface area contributed by atoms with Crippen LogP contribution in [-0.4, -0.2) is 23.1 Å². The third kappa shape index (κ3) is 1.93. The van der Waals surface area contributed by atoms with Gasteiger partial charge in [0.05, 0.1) is 5.69 Å². The van der Waals surface area contributed by atoms with Crippen LogP contribution in [0.5, 0.6) is 0 Å². The number of nitrogens with zero attached hydrogens (tertiary/aromatic N) is 2. The second-order valence-corrected chi connectivity index (χ2v) is 5.35. The number of hydrogen-bond acceptors (Lipinski definition) is 3. The Morgan fingerprint density at radius 2 is 2.06 bits per heavy atom. The van der Waals surface area contributed by atoms with Gasteiger partial charge in [-0.2, -0.15) is 0 Å². The normalized spacial score (nSPS) is 19.8.